The van der Waals surface area contributed by atoms with Gasteiger partial charge in [0.25, 0.3) is 0 Å². The molecule has 2 rings (SSSR count). The summed E-state index contributed by atoms with van der Waals surface area (Å²) in [4.78, 5) is 2.45. The van der Waals surface area contributed by atoms with Crippen LogP contribution in [0, 0.1) is 11.8 Å². The molecule has 0 radical (unpaired) electrons. The maximum Gasteiger partial charge on any atom is 0.0507 e. The Kier molecular flexibility index (Phi) is 4.42. The molecule has 1 unspecified atom stereocenters. The summed E-state index contributed by atoms with van der Waals surface area (Å²) < 4.78 is 5.35. The molecular formula is C12H24N2O. The second kappa shape index (κ2) is 5.83. The van der Waals surface area contributed by atoms with Crippen molar-refractivity contribution in [2.45, 2.75) is 19.3 Å². The lowest BCUT2D eigenvalue weighted by atomic mass is 10.1. The molecule has 0 aromatic carbocycles. The maximum absolute atomic E-state index is 5.35. The molecule has 2 aliphatic rings. The zero-order valence-corrected chi connectivity index (χ0v) is 9.87. The van der Waals surface area contributed by atoms with Crippen LogP contribution in [-0.4, -0.2) is 51.3 Å². The number of nitrogens with zero attached hydrogens (tertiary/aromatic N) is 1. The Hall–Kier alpha value is -0.120. The fourth-order valence-corrected chi connectivity index (χ4v) is 2.15. The fraction of sp³-hybridized carbons (Fsp3) is 1.00. The van der Waals surface area contributed by atoms with Crippen LogP contribution >= 0.6 is 0 Å². The number of hydrogen-bond acceptors (Lipinski definition) is 3. The predicted molar refractivity (Wildman–Crippen MR) is 62.0 cm³/mol. The first-order valence-corrected chi connectivity index (χ1v) is 6.31. The summed E-state index contributed by atoms with van der Waals surface area (Å²) in [5.74, 6) is 1.77. The maximum atomic E-state index is 5.35. The Morgan fingerprint density at radius 3 is 2.80 bits per heavy atom. The van der Waals surface area contributed by atoms with Gasteiger partial charge in [-0.1, -0.05) is 0 Å². The highest BCUT2D eigenvalue weighted by molar-refractivity contribution is 4.76. The third-order valence-corrected chi connectivity index (χ3v) is 3.39. The van der Waals surface area contributed by atoms with E-state index in [4.69, 9.17) is 4.74 Å². The van der Waals surface area contributed by atoms with E-state index in [2.05, 4.69) is 17.3 Å². The van der Waals surface area contributed by atoms with Gasteiger partial charge in [0.2, 0.25) is 0 Å². The zero-order chi connectivity index (χ0) is 10.5. The van der Waals surface area contributed by atoms with Crippen molar-refractivity contribution in [1.29, 1.82) is 0 Å². The van der Waals surface area contributed by atoms with Gasteiger partial charge in [-0.25, -0.2) is 0 Å². The van der Waals surface area contributed by atoms with Crippen molar-refractivity contribution >= 4 is 0 Å². The fourth-order valence-electron chi connectivity index (χ4n) is 2.15. The molecule has 1 heterocycles. The molecule has 0 bridgehead atoms. The van der Waals surface area contributed by atoms with Crippen LogP contribution in [0.1, 0.15) is 19.3 Å². The van der Waals surface area contributed by atoms with Gasteiger partial charge in [0.15, 0.2) is 0 Å². The quantitative estimate of drug-likeness (QED) is 0.636. The standard InChI is InChI=1S/C12H24N2O/c1-14(9-11-2-3-11)6-5-13-8-12-4-7-15-10-12/h11-13H,2-10H2,1H3. The van der Waals surface area contributed by atoms with Gasteiger partial charge in [-0.3, -0.25) is 0 Å². The topological polar surface area (TPSA) is 24.5 Å². The lowest BCUT2D eigenvalue weighted by molar-refractivity contribution is 0.185. The summed E-state index contributed by atoms with van der Waals surface area (Å²) in [6.45, 7) is 6.67. The van der Waals surface area contributed by atoms with Crippen LogP contribution in [0.15, 0.2) is 0 Å². The average Bonchev–Trinajstić information content (AvgIpc) is 2.87. The SMILES string of the molecule is CN(CCNCC1CCOC1)CC1CC1. The van der Waals surface area contributed by atoms with Crippen molar-refractivity contribution in [3.63, 3.8) is 0 Å². The van der Waals surface area contributed by atoms with Gasteiger partial charge in [-0.2, -0.15) is 0 Å². The first kappa shape index (κ1) is 11.4. The number of rotatable bonds is 7. The Morgan fingerprint density at radius 2 is 2.13 bits per heavy atom. The van der Waals surface area contributed by atoms with Crippen molar-refractivity contribution in [2.24, 2.45) is 11.8 Å². The third kappa shape index (κ3) is 4.49. The van der Waals surface area contributed by atoms with Crippen LogP contribution in [0.2, 0.25) is 0 Å². The van der Waals surface area contributed by atoms with E-state index in [1.807, 2.05) is 0 Å². The molecule has 1 saturated heterocycles. The summed E-state index contributed by atoms with van der Waals surface area (Å²) in [5.41, 5.74) is 0. The van der Waals surface area contributed by atoms with Crippen LogP contribution < -0.4 is 5.32 Å². The summed E-state index contributed by atoms with van der Waals surface area (Å²) in [6.07, 6.45) is 4.15. The lowest BCUT2D eigenvalue weighted by Crippen LogP contribution is -2.33. The zero-order valence-electron chi connectivity index (χ0n) is 9.87. The van der Waals surface area contributed by atoms with Gasteiger partial charge in [0.1, 0.15) is 0 Å². The van der Waals surface area contributed by atoms with Crippen LogP contribution in [0.5, 0.6) is 0 Å². The minimum Gasteiger partial charge on any atom is -0.381 e. The van der Waals surface area contributed by atoms with Crippen molar-refractivity contribution in [3.8, 4) is 0 Å². The molecule has 15 heavy (non-hydrogen) atoms. The summed E-state index contributed by atoms with van der Waals surface area (Å²) in [5, 5.41) is 3.53. The second-order valence-corrected chi connectivity index (χ2v) is 5.14. The molecule has 0 amide bonds. The molecular weight excluding hydrogens is 188 g/mol. The molecule has 1 atom stereocenters. The van der Waals surface area contributed by atoms with Gasteiger partial charge >= 0.3 is 0 Å². The van der Waals surface area contributed by atoms with Gasteiger partial charge in [-0.05, 0) is 38.1 Å². The predicted octanol–water partition coefficient (Wildman–Crippen LogP) is 0.954. The Balaban J connectivity index is 1.43. The molecule has 3 heteroatoms. The molecule has 0 aromatic rings. The van der Waals surface area contributed by atoms with Crippen molar-refractivity contribution in [1.82, 2.24) is 10.2 Å². The highest BCUT2D eigenvalue weighted by Crippen LogP contribution is 2.29. The monoisotopic (exact) mass is 212 g/mol. The van der Waals surface area contributed by atoms with E-state index < -0.39 is 0 Å². The van der Waals surface area contributed by atoms with Crippen molar-refractivity contribution in [3.05, 3.63) is 0 Å². The van der Waals surface area contributed by atoms with E-state index in [-0.39, 0.29) is 0 Å². The van der Waals surface area contributed by atoms with Gasteiger partial charge in [0, 0.05) is 32.8 Å². The van der Waals surface area contributed by atoms with E-state index >= 15 is 0 Å². The number of nitrogens with one attached hydrogen (secondary N) is 1. The van der Waals surface area contributed by atoms with Crippen LogP contribution in [0.4, 0.5) is 0 Å². The highest BCUT2D eigenvalue weighted by atomic mass is 16.5. The molecule has 1 aliphatic carbocycles. The Labute approximate surface area is 93.2 Å². The average molecular weight is 212 g/mol. The molecule has 3 nitrogen and oxygen atoms in total. The minimum absolute atomic E-state index is 0.763. The largest absolute Gasteiger partial charge is 0.381 e. The number of ether oxygens (including phenoxy) is 1. The number of likely N-dealkylation sites (N-methyl/N-ethyl adjacent to an activating group) is 1. The molecule has 0 spiro atoms. The molecule has 1 N–H and O–H groups in total. The smallest absolute Gasteiger partial charge is 0.0507 e. The molecule has 1 saturated carbocycles. The molecule has 88 valence electrons. The summed E-state index contributed by atoms with van der Waals surface area (Å²) in [6, 6.07) is 0. The normalized spacial score (nSPS) is 26.4. The van der Waals surface area contributed by atoms with Gasteiger partial charge in [0.05, 0.1) is 6.61 Å². The van der Waals surface area contributed by atoms with Gasteiger partial charge in [-0.15, -0.1) is 0 Å². The van der Waals surface area contributed by atoms with Crippen LogP contribution in [0.3, 0.4) is 0 Å². The van der Waals surface area contributed by atoms with E-state index in [1.165, 1.54) is 32.4 Å². The third-order valence-electron chi connectivity index (χ3n) is 3.39. The Bertz CT molecular complexity index is 176. The van der Waals surface area contributed by atoms with Crippen LogP contribution in [-0.2, 0) is 4.74 Å². The van der Waals surface area contributed by atoms with Crippen molar-refractivity contribution < 1.29 is 4.74 Å². The summed E-state index contributed by atoms with van der Waals surface area (Å²) >= 11 is 0. The van der Waals surface area contributed by atoms with Crippen LogP contribution in [0.25, 0.3) is 0 Å². The summed E-state index contributed by atoms with van der Waals surface area (Å²) in [7, 11) is 2.23. The van der Waals surface area contributed by atoms with E-state index in [0.717, 1.165) is 38.1 Å². The molecule has 1 aliphatic heterocycles. The minimum atomic E-state index is 0.763. The van der Waals surface area contributed by atoms with E-state index in [0.29, 0.717) is 0 Å². The second-order valence-electron chi connectivity index (χ2n) is 5.14. The Morgan fingerprint density at radius 1 is 1.27 bits per heavy atom. The highest BCUT2D eigenvalue weighted by Gasteiger charge is 2.22. The van der Waals surface area contributed by atoms with E-state index in [9.17, 15) is 0 Å². The van der Waals surface area contributed by atoms with Crippen molar-refractivity contribution in [2.75, 3.05) is 46.4 Å². The number of hydrogen-bond donors (Lipinski definition) is 1. The molecule has 0 aromatic heterocycles. The van der Waals surface area contributed by atoms with Gasteiger partial charge < -0.3 is 15.0 Å². The van der Waals surface area contributed by atoms with E-state index in [1.54, 1.807) is 0 Å². The lowest BCUT2D eigenvalue weighted by Gasteiger charge is -2.17. The first-order chi connectivity index (χ1) is 7.34. The molecule has 2 fully saturated rings. The first-order valence-electron chi connectivity index (χ1n) is 6.31.